The van der Waals surface area contributed by atoms with Crippen LogP contribution < -0.4 is 5.32 Å². The predicted octanol–water partition coefficient (Wildman–Crippen LogP) is 3.04. The summed E-state index contributed by atoms with van der Waals surface area (Å²) in [6, 6.07) is 5.71. The first-order valence-electron chi connectivity index (χ1n) is 5.24. The Morgan fingerprint density at radius 1 is 1.53 bits per heavy atom. The zero-order valence-electron chi connectivity index (χ0n) is 9.34. The Balaban J connectivity index is 1.97. The van der Waals surface area contributed by atoms with Gasteiger partial charge in [-0.05, 0) is 29.8 Å². The van der Waals surface area contributed by atoms with Gasteiger partial charge in [0.1, 0.15) is 6.04 Å². The van der Waals surface area contributed by atoms with Crippen molar-refractivity contribution < 1.29 is 9.90 Å². The molecule has 2 aromatic rings. The van der Waals surface area contributed by atoms with E-state index in [4.69, 9.17) is 5.11 Å². The van der Waals surface area contributed by atoms with Crippen LogP contribution in [0.5, 0.6) is 0 Å². The summed E-state index contributed by atoms with van der Waals surface area (Å²) >= 11 is 3.36. The molecule has 0 fully saturated rings. The number of carbonyl (C=O) groups is 1. The number of hydrogen-bond donors (Lipinski definition) is 2. The Hall–Kier alpha value is -1.17. The van der Waals surface area contributed by atoms with Crippen molar-refractivity contribution in [2.45, 2.75) is 19.5 Å². The van der Waals surface area contributed by atoms with Gasteiger partial charge in [0.05, 0.1) is 0 Å². The number of aliphatic carboxylic acids is 1. The molecule has 0 bridgehead atoms. The Bertz CT molecular complexity index is 490. The second kappa shape index (κ2) is 5.44. The lowest BCUT2D eigenvalue weighted by Crippen LogP contribution is -2.32. The van der Waals surface area contributed by atoms with E-state index in [9.17, 15) is 4.79 Å². The van der Waals surface area contributed by atoms with Gasteiger partial charge in [-0.15, -0.1) is 22.7 Å². The Morgan fingerprint density at radius 2 is 2.35 bits per heavy atom. The number of rotatable bonds is 5. The normalized spacial score (nSPS) is 12.5. The molecule has 0 radical (unpaired) electrons. The summed E-state index contributed by atoms with van der Waals surface area (Å²) in [5.41, 5.74) is 1.21. The average molecular weight is 267 g/mol. The predicted molar refractivity (Wildman–Crippen MR) is 71.6 cm³/mol. The van der Waals surface area contributed by atoms with Crippen molar-refractivity contribution in [3.05, 3.63) is 33.8 Å². The van der Waals surface area contributed by atoms with Crippen molar-refractivity contribution in [3.8, 4) is 10.4 Å². The van der Waals surface area contributed by atoms with E-state index < -0.39 is 12.0 Å². The first-order valence-corrected chi connectivity index (χ1v) is 7.00. The van der Waals surface area contributed by atoms with Gasteiger partial charge >= 0.3 is 5.97 Å². The molecule has 1 unspecified atom stereocenters. The second-order valence-corrected chi connectivity index (χ2v) is 5.66. The highest BCUT2D eigenvalue weighted by Crippen LogP contribution is 2.29. The zero-order valence-corrected chi connectivity index (χ0v) is 11.0. The minimum atomic E-state index is -0.819. The minimum Gasteiger partial charge on any atom is -0.480 e. The molecule has 0 aliphatic rings. The number of hydrogen-bond acceptors (Lipinski definition) is 4. The molecule has 5 heteroatoms. The lowest BCUT2D eigenvalue weighted by Gasteiger charge is -2.06. The summed E-state index contributed by atoms with van der Waals surface area (Å²) in [5, 5.41) is 15.9. The maximum atomic E-state index is 10.7. The minimum absolute atomic E-state index is 0.512. The molecule has 1 atom stereocenters. The van der Waals surface area contributed by atoms with Crippen LogP contribution in [0.25, 0.3) is 10.4 Å². The number of carboxylic acid groups (broad SMARTS) is 1. The maximum Gasteiger partial charge on any atom is 0.320 e. The topological polar surface area (TPSA) is 49.3 Å². The fourth-order valence-electron chi connectivity index (χ4n) is 1.39. The lowest BCUT2D eigenvalue weighted by molar-refractivity contribution is -0.139. The summed E-state index contributed by atoms with van der Waals surface area (Å²) in [7, 11) is 0. The fraction of sp³-hybridized carbons (Fsp3) is 0.250. The SMILES string of the molecule is CC(NCc1cc(-c2cccs2)cs1)C(=O)O. The molecular weight excluding hydrogens is 254 g/mol. The van der Waals surface area contributed by atoms with Gasteiger partial charge in [0, 0.05) is 21.9 Å². The van der Waals surface area contributed by atoms with Crippen LogP contribution in [0, 0.1) is 0 Å². The van der Waals surface area contributed by atoms with Crippen molar-refractivity contribution in [3.63, 3.8) is 0 Å². The standard InChI is InChI=1S/C12H13NO2S2/c1-8(12(14)15)13-6-10-5-9(7-17-10)11-3-2-4-16-11/h2-5,7-8,13H,6H2,1H3,(H,14,15). The number of nitrogens with one attached hydrogen (secondary N) is 1. The largest absolute Gasteiger partial charge is 0.480 e. The van der Waals surface area contributed by atoms with E-state index in [0.717, 1.165) is 4.88 Å². The number of thiophene rings is 2. The zero-order chi connectivity index (χ0) is 12.3. The first kappa shape index (κ1) is 12.3. The van der Waals surface area contributed by atoms with Gasteiger partial charge in [-0.3, -0.25) is 10.1 Å². The molecule has 2 aromatic heterocycles. The molecule has 0 aliphatic carbocycles. The van der Waals surface area contributed by atoms with E-state index in [1.54, 1.807) is 29.6 Å². The van der Waals surface area contributed by atoms with Gasteiger partial charge in [-0.25, -0.2) is 0 Å². The van der Waals surface area contributed by atoms with Crippen LogP contribution >= 0.6 is 22.7 Å². The van der Waals surface area contributed by atoms with Crippen LogP contribution in [0.1, 0.15) is 11.8 Å². The van der Waals surface area contributed by atoms with Crippen LogP contribution in [-0.2, 0) is 11.3 Å². The molecule has 2 rings (SSSR count). The second-order valence-electron chi connectivity index (χ2n) is 3.72. The molecule has 0 aromatic carbocycles. The summed E-state index contributed by atoms with van der Waals surface area (Å²) in [6.07, 6.45) is 0. The lowest BCUT2D eigenvalue weighted by atomic mass is 10.2. The highest BCUT2D eigenvalue weighted by molar-refractivity contribution is 7.14. The van der Waals surface area contributed by atoms with Crippen LogP contribution in [0.15, 0.2) is 29.0 Å². The summed E-state index contributed by atoms with van der Waals surface area (Å²) < 4.78 is 0. The van der Waals surface area contributed by atoms with Crippen LogP contribution in [0.3, 0.4) is 0 Å². The highest BCUT2D eigenvalue weighted by atomic mass is 32.1. The molecule has 0 spiro atoms. The molecule has 2 N–H and O–H groups in total. The molecule has 0 saturated heterocycles. The molecule has 90 valence electrons. The van der Waals surface area contributed by atoms with Gasteiger partial charge in [0.2, 0.25) is 0 Å². The summed E-state index contributed by atoms with van der Waals surface area (Å²) in [6.45, 7) is 2.25. The van der Waals surface area contributed by atoms with Crippen molar-refractivity contribution in [2.24, 2.45) is 0 Å². The monoisotopic (exact) mass is 267 g/mol. The van der Waals surface area contributed by atoms with Gasteiger partial charge in [0.15, 0.2) is 0 Å². The van der Waals surface area contributed by atoms with Crippen LogP contribution in [0.4, 0.5) is 0 Å². The molecule has 0 amide bonds. The van der Waals surface area contributed by atoms with E-state index in [0.29, 0.717) is 6.54 Å². The maximum absolute atomic E-state index is 10.7. The molecule has 3 nitrogen and oxygen atoms in total. The molecule has 0 aliphatic heterocycles. The van der Waals surface area contributed by atoms with Crippen molar-refractivity contribution >= 4 is 28.6 Å². The van der Waals surface area contributed by atoms with E-state index in [-0.39, 0.29) is 0 Å². The van der Waals surface area contributed by atoms with E-state index in [1.165, 1.54) is 10.4 Å². The van der Waals surface area contributed by atoms with Gasteiger partial charge in [0.25, 0.3) is 0 Å². The third-order valence-corrected chi connectivity index (χ3v) is 4.27. The smallest absolute Gasteiger partial charge is 0.320 e. The van der Waals surface area contributed by atoms with Gasteiger partial charge < -0.3 is 5.11 Å². The van der Waals surface area contributed by atoms with Crippen LogP contribution in [0.2, 0.25) is 0 Å². The average Bonchev–Trinajstić information content (AvgIpc) is 2.95. The molecule has 17 heavy (non-hydrogen) atoms. The quantitative estimate of drug-likeness (QED) is 0.875. The third-order valence-electron chi connectivity index (χ3n) is 2.41. The Labute approximate surface area is 108 Å². The summed E-state index contributed by atoms with van der Waals surface area (Å²) in [4.78, 5) is 13.1. The highest BCUT2D eigenvalue weighted by Gasteiger charge is 2.10. The third kappa shape index (κ3) is 3.15. The van der Waals surface area contributed by atoms with Gasteiger partial charge in [-0.1, -0.05) is 6.07 Å². The van der Waals surface area contributed by atoms with Crippen molar-refractivity contribution in [1.29, 1.82) is 0 Å². The Morgan fingerprint density at radius 3 is 3.00 bits per heavy atom. The fourth-order valence-corrected chi connectivity index (χ4v) is 3.01. The van der Waals surface area contributed by atoms with Crippen molar-refractivity contribution in [2.75, 3.05) is 0 Å². The summed E-state index contributed by atoms with van der Waals surface area (Å²) in [5.74, 6) is -0.819. The van der Waals surface area contributed by atoms with E-state index in [2.05, 4.69) is 28.2 Å². The number of carboxylic acids is 1. The van der Waals surface area contributed by atoms with Crippen LogP contribution in [-0.4, -0.2) is 17.1 Å². The van der Waals surface area contributed by atoms with E-state index >= 15 is 0 Å². The van der Waals surface area contributed by atoms with Gasteiger partial charge in [-0.2, -0.15) is 0 Å². The molecule has 2 heterocycles. The molecular formula is C12H13NO2S2. The Kier molecular flexibility index (Phi) is 3.93. The molecule has 0 saturated carbocycles. The van der Waals surface area contributed by atoms with E-state index in [1.807, 2.05) is 6.07 Å². The first-order chi connectivity index (χ1) is 8.16. The van der Waals surface area contributed by atoms with Crippen molar-refractivity contribution in [1.82, 2.24) is 5.32 Å².